The van der Waals surface area contributed by atoms with E-state index in [0.29, 0.717) is 11.6 Å². The van der Waals surface area contributed by atoms with Gasteiger partial charge in [0, 0.05) is 25.8 Å². The number of anilines is 1. The summed E-state index contributed by atoms with van der Waals surface area (Å²) in [5.41, 5.74) is 1.57. The number of hydrogen-bond donors (Lipinski definition) is 2. The van der Waals surface area contributed by atoms with E-state index >= 15 is 0 Å². The minimum atomic E-state index is -3.56. The first-order chi connectivity index (χ1) is 13.1. The lowest BCUT2D eigenvalue weighted by atomic mass is 9.95. The lowest BCUT2D eigenvalue weighted by molar-refractivity contribution is -0.118. The molecule has 28 heavy (non-hydrogen) atoms. The monoisotopic (exact) mass is 403 g/mol. The fourth-order valence-corrected chi connectivity index (χ4v) is 3.82. The minimum absolute atomic E-state index is 0.0300. The molecule has 0 saturated heterocycles. The predicted octanol–water partition coefficient (Wildman–Crippen LogP) is 3.25. The molecule has 0 aliphatic heterocycles. The molecule has 0 unspecified atom stereocenters. The molecule has 0 saturated carbocycles. The van der Waals surface area contributed by atoms with Gasteiger partial charge in [0.2, 0.25) is 15.9 Å². The molecule has 2 atom stereocenters. The maximum absolute atomic E-state index is 12.7. The molecular formula is C21H29N3O3S. The van der Waals surface area contributed by atoms with Gasteiger partial charge >= 0.3 is 0 Å². The van der Waals surface area contributed by atoms with E-state index in [0.717, 1.165) is 9.87 Å². The molecule has 0 bridgehead atoms. The Bertz CT molecular complexity index is 896. The van der Waals surface area contributed by atoms with Gasteiger partial charge in [-0.25, -0.2) is 12.7 Å². The van der Waals surface area contributed by atoms with Gasteiger partial charge in [-0.15, -0.1) is 0 Å². The average Bonchev–Trinajstić information content (AvgIpc) is 2.66. The molecule has 7 heteroatoms. The molecule has 6 nitrogen and oxygen atoms in total. The lowest BCUT2D eigenvalue weighted by Gasteiger charge is -2.26. The van der Waals surface area contributed by atoms with Crippen LogP contribution in [-0.4, -0.2) is 38.8 Å². The molecule has 0 aliphatic rings. The van der Waals surface area contributed by atoms with Crippen LogP contribution in [0, 0.1) is 5.92 Å². The highest BCUT2D eigenvalue weighted by atomic mass is 32.2. The number of amides is 1. The van der Waals surface area contributed by atoms with E-state index < -0.39 is 16.1 Å². The zero-order valence-electron chi connectivity index (χ0n) is 17.0. The summed E-state index contributed by atoms with van der Waals surface area (Å²) in [6.45, 7) is 6.00. The second kappa shape index (κ2) is 9.32. The van der Waals surface area contributed by atoms with E-state index in [4.69, 9.17) is 0 Å². The summed E-state index contributed by atoms with van der Waals surface area (Å²) in [6, 6.07) is 15.8. The first-order valence-electron chi connectivity index (χ1n) is 9.27. The molecule has 0 fully saturated rings. The summed E-state index contributed by atoms with van der Waals surface area (Å²) in [7, 11) is -0.606. The number of nitrogens with one attached hydrogen (secondary N) is 2. The molecule has 1 amide bonds. The van der Waals surface area contributed by atoms with Gasteiger partial charge in [-0.05, 0) is 36.6 Å². The number of rotatable bonds is 8. The van der Waals surface area contributed by atoms with Crippen molar-refractivity contribution < 1.29 is 13.2 Å². The molecule has 2 N–H and O–H groups in total. The van der Waals surface area contributed by atoms with Crippen LogP contribution in [-0.2, 0) is 14.8 Å². The molecule has 152 valence electrons. The van der Waals surface area contributed by atoms with E-state index in [-0.39, 0.29) is 16.8 Å². The summed E-state index contributed by atoms with van der Waals surface area (Å²) in [4.78, 5) is 12.8. The Labute approximate surface area is 168 Å². The highest BCUT2D eigenvalue weighted by Crippen LogP contribution is 2.22. The summed E-state index contributed by atoms with van der Waals surface area (Å²) >= 11 is 0. The van der Waals surface area contributed by atoms with Gasteiger partial charge in [0.1, 0.15) is 0 Å². The van der Waals surface area contributed by atoms with Gasteiger partial charge < -0.3 is 5.32 Å². The lowest BCUT2D eigenvalue weighted by Crippen LogP contribution is -2.41. The maximum atomic E-state index is 12.7. The largest absolute Gasteiger partial charge is 0.325 e. The Morgan fingerprint density at radius 1 is 0.964 bits per heavy atom. The van der Waals surface area contributed by atoms with Crippen molar-refractivity contribution in [1.29, 1.82) is 0 Å². The fraction of sp³-hybridized carbons (Fsp3) is 0.381. The van der Waals surface area contributed by atoms with Crippen molar-refractivity contribution in [3.05, 3.63) is 60.2 Å². The molecule has 2 aromatic rings. The van der Waals surface area contributed by atoms with Crippen molar-refractivity contribution in [2.45, 2.75) is 37.8 Å². The van der Waals surface area contributed by atoms with Crippen LogP contribution in [0.2, 0.25) is 0 Å². The quantitative estimate of drug-likeness (QED) is 0.709. The van der Waals surface area contributed by atoms with Crippen molar-refractivity contribution in [2.75, 3.05) is 19.4 Å². The van der Waals surface area contributed by atoms with Crippen molar-refractivity contribution >= 4 is 21.6 Å². The average molecular weight is 404 g/mol. The van der Waals surface area contributed by atoms with Crippen LogP contribution < -0.4 is 10.6 Å². The first-order valence-corrected chi connectivity index (χ1v) is 10.7. The van der Waals surface area contributed by atoms with Crippen LogP contribution >= 0.6 is 0 Å². The van der Waals surface area contributed by atoms with Crippen LogP contribution in [0.15, 0.2) is 59.5 Å². The molecule has 0 radical (unpaired) electrons. The third kappa shape index (κ3) is 5.41. The molecule has 2 rings (SSSR count). The number of nitrogens with zero attached hydrogens (tertiary/aromatic N) is 1. The van der Waals surface area contributed by atoms with Gasteiger partial charge in [0.25, 0.3) is 0 Å². The van der Waals surface area contributed by atoms with Crippen LogP contribution in [0.4, 0.5) is 5.69 Å². The van der Waals surface area contributed by atoms with E-state index in [2.05, 4.69) is 24.5 Å². The Morgan fingerprint density at radius 2 is 1.61 bits per heavy atom. The van der Waals surface area contributed by atoms with Crippen molar-refractivity contribution in [3.63, 3.8) is 0 Å². The number of sulfonamides is 1. The number of benzene rings is 2. The molecule has 0 aliphatic carbocycles. The molecule has 0 spiro atoms. The molecule has 0 heterocycles. The fourth-order valence-electron chi connectivity index (χ4n) is 2.87. The highest BCUT2D eigenvalue weighted by Gasteiger charge is 2.22. The van der Waals surface area contributed by atoms with Gasteiger partial charge in [0.05, 0.1) is 10.9 Å². The van der Waals surface area contributed by atoms with E-state index in [9.17, 15) is 13.2 Å². The Morgan fingerprint density at radius 3 is 2.18 bits per heavy atom. The van der Waals surface area contributed by atoms with Crippen molar-refractivity contribution in [1.82, 2.24) is 9.62 Å². The molecule has 2 aromatic carbocycles. The van der Waals surface area contributed by atoms with Crippen LogP contribution in [0.3, 0.4) is 0 Å². The van der Waals surface area contributed by atoms with Gasteiger partial charge in [0.15, 0.2) is 0 Å². The smallest absolute Gasteiger partial charge is 0.242 e. The third-order valence-corrected chi connectivity index (χ3v) is 6.34. The van der Waals surface area contributed by atoms with Crippen LogP contribution in [0.1, 0.15) is 32.4 Å². The van der Waals surface area contributed by atoms with Crippen LogP contribution in [0.5, 0.6) is 0 Å². The standard InChI is InChI=1S/C21H29N3O3S/c1-15(2)20(17-10-7-6-8-11-17)22-16(3)21(25)23-18-12-9-13-19(14-18)28(26,27)24(4)5/h6-16,20,22H,1-5H3,(H,23,25)/t16-,20+/m1/s1. The summed E-state index contributed by atoms with van der Waals surface area (Å²) in [5, 5.41) is 6.18. The van der Waals surface area contributed by atoms with Gasteiger partial charge in [-0.2, -0.15) is 0 Å². The minimum Gasteiger partial charge on any atom is -0.325 e. The van der Waals surface area contributed by atoms with E-state index in [1.54, 1.807) is 19.1 Å². The van der Waals surface area contributed by atoms with Gasteiger partial charge in [-0.1, -0.05) is 50.2 Å². The second-order valence-electron chi connectivity index (χ2n) is 7.33. The molecule has 0 aromatic heterocycles. The number of carbonyl (C=O) groups is 1. The van der Waals surface area contributed by atoms with E-state index in [1.807, 2.05) is 30.3 Å². The Balaban J connectivity index is 2.12. The van der Waals surface area contributed by atoms with E-state index in [1.165, 1.54) is 26.2 Å². The SMILES string of the molecule is CC(C)[C@H](N[C@H](C)C(=O)Nc1cccc(S(=O)(=O)N(C)C)c1)c1ccccc1. The summed E-state index contributed by atoms with van der Waals surface area (Å²) in [6.07, 6.45) is 0. The number of hydrogen-bond acceptors (Lipinski definition) is 4. The zero-order chi connectivity index (χ0) is 20.9. The Hall–Kier alpha value is -2.22. The second-order valence-corrected chi connectivity index (χ2v) is 9.48. The maximum Gasteiger partial charge on any atom is 0.242 e. The van der Waals surface area contributed by atoms with Crippen LogP contribution in [0.25, 0.3) is 0 Å². The highest BCUT2D eigenvalue weighted by molar-refractivity contribution is 7.89. The predicted molar refractivity (Wildman–Crippen MR) is 113 cm³/mol. The normalized spacial score (nSPS) is 14.1. The van der Waals surface area contributed by atoms with Gasteiger partial charge in [-0.3, -0.25) is 10.1 Å². The zero-order valence-corrected chi connectivity index (χ0v) is 17.8. The molecular weight excluding hydrogens is 374 g/mol. The van der Waals surface area contributed by atoms with Crippen molar-refractivity contribution in [3.8, 4) is 0 Å². The van der Waals surface area contributed by atoms with Crippen molar-refractivity contribution in [2.24, 2.45) is 5.92 Å². The summed E-state index contributed by atoms with van der Waals surface area (Å²) in [5.74, 6) is 0.0761. The topological polar surface area (TPSA) is 78.5 Å². The number of carbonyl (C=O) groups excluding carboxylic acids is 1. The Kier molecular flexibility index (Phi) is 7.35. The summed E-state index contributed by atoms with van der Waals surface area (Å²) < 4.78 is 25.7. The third-order valence-electron chi connectivity index (χ3n) is 4.53. The first kappa shape index (κ1) is 22.1.